The summed E-state index contributed by atoms with van der Waals surface area (Å²) in [7, 11) is 0. The van der Waals surface area contributed by atoms with Gasteiger partial charge in [0.1, 0.15) is 0 Å². The van der Waals surface area contributed by atoms with Crippen LogP contribution in [0.25, 0.3) is 0 Å². The van der Waals surface area contributed by atoms with Crippen molar-refractivity contribution in [1.82, 2.24) is 10.6 Å². The quantitative estimate of drug-likeness (QED) is 0.506. The molecule has 8 nitrogen and oxygen atoms in total. The van der Waals surface area contributed by atoms with Gasteiger partial charge in [-0.05, 0) is 43.2 Å². The van der Waals surface area contributed by atoms with E-state index >= 15 is 0 Å². The summed E-state index contributed by atoms with van der Waals surface area (Å²) < 4.78 is 0. The third-order valence-electron chi connectivity index (χ3n) is 5.88. The van der Waals surface area contributed by atoms with E-state index in [1.54, 1.807) is 25.1 Å². The Kier molecular flexibility index (Phi) is 8.29. The van der Waals surface area contributed by atoms with E-state index in [4.69, 9.17) is 5.73 Å². The molecule has 0 saturated carbocycles. The Bertz CT molecular complexity index is 999. The van der Waals surface area contributed by atoms with E-state index in [9.17, 15) is 14.4 Å². The molecule has 1 aliphatic rings. The van der Waals surface area contributed by atoms with Crippen molar-refractivity contribution >= 4 is 29.1 Å². The molecule has 1 saturated heterocycles. The van der Waals surface area contributed by atoms with Gasteiger partial charge in [0.05, 0.1) is 5.56 Å². The molecule has 0 bridgehead atoms. The van der Waals surface area contributed by atoms with Crippen LogP contribution in [0.15, 0.2) is 42.5 Å². The Morgan fingerprint density at radius 1 is 0.909 bits per heavy atom. The van der Waals surface area contributed by atoms with Crippen LogP contribution in [-0.2, 0) is 4.79 Å². The number of para-hydroxylation sites is 1. The fourth-order valence-corrected chi connectivity index (χ4v) is 4.00. The average molecular weight is 452 g/mol. The average Bonchev–Trinajstić information content (AvgIpc) is 2.83. The number of anilines is 2. The zero-order chi connectivity index (χ0) is 23.8. The number of hydrogen-bond acceptors (Lipinski definition) is 5. The van der Waals surface area contributed by atoms with Gasteiger partial charge in [-0.15, -0.1) is 0 Å². The molecule has 0 unspecified atom stereocenters. The molecule has 4 N–H and O–H groups in total. The monoisotopic (exact) mass is 451 g/mol. The van der Waals surface area contributed by atoms with Gasteiger partial charge in [-0.2, -0.15) is 0 Å². The lowest BCUT2D eigenvalue weighted by Crippen LogP contribution is -2.47. The van der Waals surface area contributed by atoms with Crippen molar-refractivity contribution < 1.29 is 14.4 Å². The number of primary amides is 1. The molecule has 0 aliphatic carbocycles. The van der Waals surface area contributed by atoms with E-state index in [2.05, 4.69) is 39.5 Å². The Morgan fingerprint density at radius 3 is 2.18 bits per heavy atom. The molecule has 2 aromatic carbocycles. The first-order chi connectivity index (χ1) is 15.9. The number of piperazine rings is 1. The molecule has 8 heteroatoms. The summed E-state index contributed by atoms with van der Waals surface area (Å²) in [6.07, 6.45) is 1.07. The molecule has 1 heterocycles. The molecule has 1 fully saturated rings. The van der Waals surface area contributed by atoms with Crippen LogP contribution < -0.4 is 26.2 Å². The van der Waals surface area contributed by atoms with Crippen molar-refractivity contribution in [2.45, 2.75) is 26.7 Å². The second kappa shape index (κ2) is 11.4. The van der Waals surface area contributed by atoms with Crippen molar-refractivity contribution in [2.75, 3.05) is 49.1 Å². The largest absolute Gasteiger partial charge is 0.368 e. The van der Waals surface area contributed by atoms with Gasteiger partial charge in [0.25, 0.3) is 11.8 Å². The number of rotatable bonds is 9. The van der Waals surface area contributed by atoms with Crippen LogP contribution in [0, 0.1) is 6.92 Å². The molecule has 1 aliphatic heterocycles. The summed E-state index contributed by atoms with van der Waals surface area (Å²) in [5.41, 5.74) is 9.63. The predicted octanol–water partition coefficient (Wildman–Crippen LogP) is 2.07. The summed E-state index contributed by atoms with van der Waals surface area (Å²) in [6, 6.07) is 13.4. The third-order valence-corrected chi connectivity index (χ3v) is 5.88. The lowest BCUT2D eigenvalue weighted by atomic mass is 10.1. The van der Waals surface area contributed by atoms with Gasteiger partial charge in [0.15, 0.2) is 0 Å². The minimum absolute atomic E-state index is 0.0113. The first kappa shape index (κ1) is 24.1. The highest BCUT2D eigenvalue weighted by Gasteiger charge is 2.22. The SMILES string of the molecule is CCC(=O)NCCCNC(=O)c1ccc(N2CCN(c3ccccc3C)CC2)c(C(N)=O)c1. The summed E-state index contributed by atoms with van der Waals surface area (Å²) in [5.74, 6) is -0.832. The molecular weight excluding hydrogens is 418 g/mol. The highest BCUT2D eigenvalue weighted by molar-refractivity contribution is 6.03. The lowest BCUT2D eigenvalue weighted by molar-refractivity contribution is -0.120. The standard InChI is InChI=1S/C25H33N5O3/c1-3-23(31)27-11-6-12-28-25(33)19-9-10-22(20(17-19)24(26)32)30-15-13-29(14-16-30)21-8-5-4-7-18(21)2/h4-5,7-10,17H,3,6,11-16H2,1-2H3,(H2,26,32)(H,27,31)(H,28,33). The van der Waals surface area contributed by atoms with Crippen molar-refractivity contribution in [1.29, 1.82) is 0 Å². The second-order valence-corrected chi connectivity index (χ2v) is 8.17. The third kappa shape index (κ3) is 6.25. The van der Waals surface area contributed by atoms with Gasteiger partial charge in [0.2, 0.25) is 5.91 Å². The van der Waals surface area contributed by atoms with Crippen molar-refractivity contribution in [3.05, 3.63) is 59.2 Å². The number of aryl methyl sites for hydroxylation is 1. The van der Waals surface area contributed by atoms with Gasteiger partial charge >= 0.3 is 0 Å². The zero-order valence-corrected chi connectivity index (χ0v) is 19.4. The number of nitrogens with two attached hydrogens (primary N) is 1. The van der Waals surface area contributed by atoms with Gasteiger partial charge in [-0.25, -0.2) is 0 Å². The zero-order valence-electron chi connectivity index (χ0n) is 19.4. The molecular formula is C25H33N5O3. The molecule has 3 amide bonds. The Labute approximate surface area is 195 Å². The number of carbonyl (C=O) groups is 3. The highest BCUT2D eigenvalue weighted by atomic mass is 16.2. The topological polar surface area (TPSA) is 108 Å². The molecule has 0 atom stereocenters. The number of carbonyl (C=O) groups excluding carboxylic acids is 3. The molecule has 0 radical (unpaired) electrons. The first-order valence-electron chi connectivity index (χ1n) is 11.4. The molecule has 2 aromatic rings. The number of amides is 3. The fourth-order valence-electron chi connectivity index (χ4n) is 4.00. The number of benzene rings is 2. The van der Waals surface area contributed by atoms with Crippen LogP contribution in [0.4, 0.5) is 11.4 Å². The number of nitrogens with one attached hydrogen (secondary N) is 2. The van der Waals surface area contributed by atoms with Gasteiger partial charge in [-0.3, -0.25) is 14.4 Å². The molecule has 3 rings (SSSR count). The maximum Gasteiger partial charge on any atom is 0.251 e. The summed E-state index contributed by atoms with van der Waals surface area (Å²) in [6.45, 7) is 8.01. The van der Waals surface area contributed by atoms with Crippen LogP contribution in [0.2, 0.25) is 0 Å². The van der Waals surface area contributed by atoms with Crippen molar-refractivity contribution in [2.24, 2.45) is 5.73 Å². The van der Waals surface area contributed by atoms with Gasteiger partial charge in [-0.1, -0.05) is 25.1 Å². The van der Waals surface area contributed by atoms with E-state index in [1.165, 1.54) is 11.3 Å². The summed E-state index contributed by atoms with van der Waals surface area (Å²) in [5, 5.41) is 5.59. The number of nitrogens with zero attached hydrogens (tertiary/aromatic N) is 2. The van der Waals surface area contributed by atoms with E-state index < -0.39 is 5.91 Å². The summed E-state index contributed by atoms with van der Waals surface area (Å²) >= 11 is 0. The first-order valence-corrected chi connectivity index (χ1v) is 11.4. The van der Waals surface area contributed by atoms with Crippen molar-refractivity contribution in [3.8, 4) is 0 Å². The number of hydrogen-bond donors (Lipinski definition) is 3. The minimum atomic E-state index is -0.553. The second-order valence-electron chi connectivity index (χ2n) is 8.17. The smallest absolute Gasteiger partial charge is 0.251 e. The molecule has 0 aromatic heterocycles. The normalized spacial score (nSPS) is 13.5. The Morgan fingerprint density at radius 2 is 1.55 bits per heavy atom. The molecule has 176 valence electrons. The van der Waals surface area contributed by atoms with Gasteiger partial charge < -0.3 is 26.2 Å². The van der Waals surface area contributed by atoms with Gasteiger partial charge in [0, 0.05) is 62.6 Å². The minimum Gasteiger partial charge on any atom is -0.368 e. The molecule has 33 heavy (non-hydrogen) atoms. The molecule has 0 spiro atoms. The van der Waals surface area contributed by atoms with Crippen LogP contribution in [0.5, 0.6) is 0 Å². The van der Waals surface area contributed by atoms with Crippen LogP contribution in [0.1, 0.15) is 46.0 Å². The van der Waals surface area contributed by atoms with Crippen LogP contribution in [-0.4, -0.2) is 57.0 Å². The van der Waals surface area contributed by atoms with Crippen molar-refractivity contribution in [3.63, 3.8) is 0 Å². The van der Waals surface area contributed by atoms with Crippen LogP contribution >= 0.6 is 0 Å². The maximum absolute atomic E-state index is 12.5. The van der Waals surface area contributed by atoms with E-state index in [-0.39, 0.29) is 11.8 Å². The maximum atomic E-state index is 12.5. The Hall–Kier alpha value is -3.55. The Balaban J connectivity index is 1.61. The lowest BCUT2D eigenvalue weighted by Gasteiger charge is -2.38. The fraction of sp³-hybridized carbons (Fsp3) is 0.400. The van der Waals surface area contributed by atoms with E-state index in [1.807, 2.05) is 12.1 Å². The predicted molar refractivity (Wildman–Crippen MR) is 131 cm³/mol. The van der Waals surface area contributed by atoms with Crippen LogP contribution in [0.3, 0.4) is 0 Å². The van der Waals surface area contributed by atoms with E-state index in [0.717, 1.165) is 31.9 Å². The highest BCUT2D eigenvalue weighted by Crippen LogP contribution is 2.26. The summed E-state index contributed by atoms with van der Waals surface area (Å²) in [4.78, 5) is 40.4. The van der Waals surface area contributed by atoms with E-state index in [0.29, 0.717) is 37.1 Å².